The lowest BCUT2D eigenvalue weighted by molar-refractivity contribution is -0.120. The van der Waals surface area contributed by atoms with E-state index >= 15 is 0 Å². The molecule has 0 heterocycles. The Labute approximate surface area is 90.7 Å². The Kier molecular flexibility index (Phi) is 4.84. The van der Waals surface area contributed by atoms with Gasteiger partial charge >= 0.3 is 0 Å². The first-order valence-corrected chi connectivity index (χ1v) is 5.24. The Bertz CT molecular complexity index is 296. The molecule has 1 amide bonds. The summed E-state index contributed by atoms with van der Waals surface area (Å²) in [6.45, 7) is 2.59. The van der Waals surface area contributed by atoms with E-state index in [1.807, 2.05) is 37.3 Å². The van der Waals surface area contributed by atoms with Gasteiger partial charge in [0.15, 0.2) is 0 Å². The minimum atomic E-state index is 0.0573. The monoisotopic (exact) mass is 206 g/mol. The quantitative estimate of drug-likeness (QED) is 0.757. The molecule has 1 unspecified atom stereocenters. The number of hydrogen-bond acceptors (Lipinski definition) is 2. The van der Waals surface area contributed by atoms with Crippen LogP contribution in [0, 0.1) is 0 Å². The molecule has 0 spiro atoms. The molecular formula is C12H18N2O. The average molecular weight is 206 g/mol. The van der Waals surface area contributed by atoms with Crippen molar-refractivity contribution in [1.82, 2.24) is 5.32 Å². The topological polar surface area (TPSA) is 55.1 Å². The average Bonchev–Trinajstić information content (AvgIpc) is 2.18. The highest BCUT2D eigenvalue weighted by atomic mass is 16.1. The van der Waals surface area contributed by atoms with E-state index in [9.17, 15) is 4.79 Å². The minimum absolute atomic E-state index is 0.0573. The second-order valence-electron chi connectivity index (χ2n) is 3.78. The second-order valence-corrected chi connectivity index (χ2v) is 3.78. The maximum Gasteiger partial charge on any atom is 0.224 e. The Morgan fingerprint density at radius 3 is 2.67 bits per heavy atom. The van der Waals surface area contributed by atoms with Gasteiger partial charge in [-0.15, -0.1) is 0 Å². The molecule has 82 valence electrons. The lowest BCUT2D eigenvalue weighted by Gasteiger charge is -2.07. The van der Waals surface area contributed by atoms with Gasteiger partial charge in [0.25, 0.3) is 0 Å². The molecule has 3 N–H and O–H groups in total. The van der Waals surface area contributed by atoms with Crippen LogP contribution < -0.4 is 11.1 Å². The standard InChI is InChI=1S/C12H18N2O/c1-10(13)7-8-14-12(15)9-11-5-3-2-4-6-11/h2-6,10H,7-9,13H2,1H3,(H,14,15). The predicted octanol–water partition coefficient (Wildman–Crippen LogP) is 1.08. The van der Waals surface area contributed by atoms with Crippen LogP contribution in [0.15, 0.2) is 30.3 Å². The van der Waals surface area contributed by atoms with Crippen LogP contribution in [0.5, 0.6) is 0 Å². The van der Waals surface area contributed by atoms with E-state index in [0.29, 0.717) is 13.0 Å². The summed E-state index contributed by atoms with van der Waals surface area (Å²) in [5, 5.41) is 2.84. The van der Waals surface area contributed by atoms with Crippen molar-refractivity contribution in [3.05, 3.63) is 35.9 Å². The van der Waals surface area contributed by atoms with Crippen molar-refractivity contribution in [1.29, 1.82) is 0 Å². The zero-order valence-corrected chi connectivity index (χ0v) is 9.07. The molecule has 3 heteroatoms. The van der Waals surface area contributed by atoms with Gasteiger partial charge in [0.1, 0.15) is 0 Å². The van der Waals surface area contributed by atoms with E-state index in [2.05, 4.69) is 5.32 Å². The lowest BCUT2D eigenvalue weighted by Crippen LogP contribution is -2.29. The maximum absolute atomic E-state index is 11.4. The van der Waals surface area contributed by atoms with Crippen LogP contribution >= 0.6 is 0 Å². The first-order chi connectivity index (χ1) is 7.18. The van der Waals surface area contributed by atoms with Crippen LogP contribution in [0.3, 0.4) is 0 Å². The van der Waals surface area contributed by atoms with E-state index in [1.165, 1.54) is 0 Å². The second kappa shape index (κ2) is 6.19. The van der Waals surface area contributed by atoms with Crippen molar-refractivity contribution in [3.63, 3.8) is 0 Å². The van der Waals surface area contributed by atoms with Crippen LogP contribution in [0.25, 0.3) is 0 Å². The summed E-state index contributed by atoms with van der Waals surface area (Å²) in [6, 6.07) is 9.85. The maximum atomic E-state index is 11.4. The fourth-order valence-corrected chi connectivity index (χ4v) is 1.28. The van der Waals surface area contributed by atoms with E-state index in [-0.39, 0.29) is 11.9 Å². The normalized spacial score (nSPS) is 12.1. The first-order valence-electron chi connectivity index (χ1n) is 5.24. The van der Waals surface area contributed by atoms with Gasteiger partial charge in [-0.05, 0) is 18.9 Å². The van der Waals surface area contributed by atoms with Gasteiger partial charge in [0.2, 0.25) is 5.91 Å². The highest BCUT2D eigenvalue weighted by Gasteiger charge is 2.02. The predicted molar refractivity (Wildman–Crippen MR) is 61.4 cm³/mol. The molecule has 1 rings (SSSR count). The minimum Gasteiger partial charge on any atom is -0.356 e. The number of rotatable bonds is 5. The van der Waals surface area contributed by atoms with E-state index in [0.717, 1.165) is 12.0 Å². The fraction of sp³-hybridized carbons (Fsp3) is 0.417. The number of amides is 1. The molecule has 0 aromatic heterocycles. The number of benzene rings is 1. The molecule has 1 atom stereocenters. The summed E-state index contributed by atoms with van der Waals surface area (Å²) >= 11 is 0. The van der Waals surface area contributed by atoms with Gasteiger partial charge < -0.3 is 11.1 Å². The Hall–Kier alpha value is -1.35. The van der Waals surface area contributed by atoms with E-state index in [1.54, 1.807) is 0 Å². The molecular weight excluding hydrogens is 188 g/mol. The zero-order valence-electron chi connectivity index (χ0n) is 9.07. The molecule has 0 saturated heterocycles. The summed E-state index contributed by atoms with van der Waals surface area (Å²) in [6.07, 6.45) is 1.26. The first kappa shape index (κ1) is 11.7. The molecule has 0 radical (unpaired) electrons. The van der Waals surface area contributed by atoms with Crippen LogP contribution in [0.2, 0.25) is 0 Å². The van der Waals surface area contributed by atoms with E-state index < -0.39 is 0 Å². The summed E-state index contributed by atoms with van der Waals surface area (Å²) < 4.78 is 0. The smallest absolute Gasteiger partial charge is 0.224 e. The van der Waals surface area contributed by atoms with Crippen molar-refractivity contribution >= 4 is 5.91 Å². The van der Waals surface area contributed by atoms with Crippen LogP contribution in [0.4, 0.5) is 0 Å². The third-order valence-corrected chi connectivity index (χ3v) is 2.13. The Morgan fingerprint density at radius 2 is 2.07 bits per heavy atom. The molecule has 1 aromatic rings. The van der Waals surface area contributed by atoms with Crippen LogP contribution in [0.1, 0.15) is 18.9 Å². The van der Waals surface area contributed by atoms with E-state index in [4.69, 9.17) is 5.73 Å². The molecule has 0 aliphatic carbocycles. The van der Waals surface area contributed by atoms with Crippen LogP contribution in [-0.4, -0.2) is 18.5 Å². The molecule has 3 nitrogen and oxygen atoms in total. The highest BCUT2D eigenvalue weighted by molar-refractivity contribution is 5.78. The van der Waals surface area contributed by atoms with Crippen molar-refractivity contribution < 1.29 is 4.79 Å². The van der Waals surface area contributed by atoms with Gasteiger partial charge in [0, 0.05) is 12.6 Å². The molecule has 15 heavy (non-hydrogen) atoms. The van der Waals surface area contributed by atoms with Crippen molar-refractivity contribution in [2.24, 2.45) is 5.73 Å². The molecule has 0 aliphatic rings. The number of carbonyl (C=O) groups excluding carboxylic acids is 1. The van der Waals surface area contributed by atoms with Crippen LogP contribution in [-0.2, 0) is 11.2 Å². The Balaban J connectivity index is 2.25. The number of nitrogens with one attached hydrogen (secondary N) is 1. The summed E-state index contributed by atoms with van der Waals surface area (Å²) in [5.41, 5.74) is 6.62. The summed E-state index contributed by atoms with van der Waals surface area (Å²) in [4.78, 5) is 11.4. The molecule has 0 aliphatic heterocycles. The summed E-state index contributed by atoms with van der Waals surface area (Å²) in [7, 11) is 0. The van der Waals surface area contributed by atoms with Crippen molar-refractivity contribution in [2.45, 2.75) is 25.8 Å². The summed E-state index contributed by atoms with van der Waals surface area (Å²) in [5.74, 6) is 0.0573. The van der Waals surface area contributed by atoms with Crippen molar-refractivity contribution in [3.8, 4) is 0 Å². The molecule has 1 aromatic carbocycles. The largest absolute Gasteiger partial charge is 0.356 e. The molecule has 0 bridgehead atoms. The zero-order chi connectivity index (χ0) is 11.1. The highest BCUT2D eigenvalue weighted by Crippen LogP contribution is 1.99. The Morgan fingerprint density at radius 1 is 1.40 bits per heavy atom. The molecule has 0 saturated carbocycles. The van der Waals surface area contributed by atoms with Crippen molar-refractivity contribution in [2.75, 3.05) is 6.54 Å². The number of nitrogens with two attached hydrogens (primary N) is 1. The third-order valence-electron chi connectivity index (χ3n) is 2.13. The van der Waals surface area contributed by atoms with Gasteiger partial charge in [-0.1, -0.05) is 30.3 Å². The third kappa shape index (κ3) is 5.18. The van der Waals surface area contributed by atoms with Gasteiger partial charge in [0.05, 0.1) is 6.42 Å². The number of carbonyl (C=O) groups is 1. The van der Waals surface area contributed by atoms with Gasteiger partial charge in [-0.2, -0.15) is 0 Å². The SMILES string of the molecule is CC(N)CCNC(=O)Cc1ccccc1. The fourth-order valence-electron chi connectivity index (χ4n) is 1.28. The molecule has 0 fully saturated rings. The van der Waals surface area contributed by atoms with Gasteiger partial charge in [-0.3, -0.25) is 4.79 Å². The number of hydrogen-bond donors (Lipinski definition) is 2. The van der Waals surface area contributed by atoms with Gasteiger partial charge in [-0.25, -0.2) is 0 Å². The lowest BCUT2D eigenvalue weighted by atomic mass is 10.1.